The van der Waals surface area contributed by atoms with Crippen molar-refractivity contribution in [1.29, 1.82) is 0 Å². The molecule has 0 amide bonds. The van der Waals surface area contributed by atoms with Gasteiger partial charge in [0.25, 0.3) is 0 Å². The standard InChI is InChI=1S/C13H17NS/c1-5-11(8-10(2)3)13-12(9-14-4)6-7-15-13/h5-8,14H,1-2,9H2,3-4H3/b11-8+. The van der Waals surface area contributed by atoms with Crippen molar-refractivity contribution in [2.24, 2.45) is 0 Å². The Hall–Kier alpha value is -1.12. The van der Waals surface area contributed by atoms with Crippen LogP contribution in [0.4, 0.5) is 0 Å². The van der Waals surface area contributed by atoms with Gasteiger partial charge in [-0.15, -0.1) is 11.3 Å². The van der Waals surface area contributed by atoms with E-state index in [1.165, 1.54) is 10.4 Å². The third-order valence-electron chi connectivity index (χ3n) is 2.00. The largest absolute Gasteiger partial charge is 0.316 e. The predicted octanol–water partition coefficient (Wildman–Crippen LogP) is 3.61. The summed E-state index contributed by atoms with van der Waals surface area (Å²) >= 11 is 1.74. The molecule has 0 atom stereocenters. The van der Waals surface area contributed by atoms with E-state index < -0.39 is 0 Å². The maximum atomic E-state index is 3.89. The summed E-state index contributed by atoms with van der Waals surface area (Å²) in [5.41, 5.74) is 3.52. The van der Waals surface area contributed by atoms with Crippen molar-refractivity contribution < 1.29 is 0 Å². The Balaban J connectivity index is 3.06. The normalized spacial score (nSPS) is 11.5. The Morgan fingerprint density at radius 2 is 2.33 bits per heavy atom. The lowest BCUT2D eigenvalue weighted by atomic mass is 10.1. The summed E-state index contributed by atoms with van der Waals surface area (Å²) < 4.78 is 0. The number of nitrogens with one attached hydrogen (secondary N) is 1. The minimum Gasteiger partial charge on any atom is -0.316 e. The van der Waals surface area contributed by atoms with E-state index in [-0.39, 0.29) is 0 Å². The van der Waals surface area contributed by atoms with Crippen LogP contribution in [0.1, 0.15) is 17.4 Å². The van der Waals surface area contributed by atoms with Gasteiger partial charge >= 0.3 is 0 Å². The third-order valence-corrected chi connectivity index (χ3v) is 3.00. The summed E-state index contributed by atoms with van der Waals surface area (Å²) in [7, 11) is 1.96. The molecule has 0 bridgehead atoms. The first-order valence-electron chi connectivity index (χ1n) is 4.90. The Labute approximate surface area is 95.8 Å². The second-order valence-electron chi connectivity index (χ2n) is 3.46. The van der Waals surface area contributed by atoms with Crippen LogP contribution in [0.3, 0.4) is 0 Å². The van der Waals surface area contributed by atoms with E-state index in [2.05, 4.69) is 36.0 Å². The van der Waals surface area contributed by atoms with Gasteiger partial charge in [0, 0.05) is 11.4 Å². The number of hydrogen-bond donors (Lipinski definition) is 1. The summed E-state index contributed by atoms with van der Waals surface area (Å²) in [6.45, 7) is 10.6. The Morgan fingerprint density at radius 3 is 2.87 bits per heavy atom. The molecule has 0 aliphatic rings. The Bertz CT molecular complexity index is 385. The molecule has 0 spiro atoms. The van der Waals surface area contributed by atoms with Gasteiger partial charge in [-0.1, -0.05) is 30.9 Å². The van der Waals surface area contributed by atoms with Gasteiger partial charge in [-0.3, -0.25) is 0 Å². The summed E-state index contributed by atoms with van der Waals surface area (Å²) in [5.74, 6) is 0. The van der Waals surface area contributed by atoms with Crippen molar-refractivity contribution in [2.75, 3.05) is 7.05 Å². The van der Waals surface area contributed by atoms with Crippen LogP contribution in [0.15, 0.2) is 42.3 Å². The van der Waals surface area contributed by atoms with Crippen molar-refractivity contribution >= 4 is 16.9 Å². The minimum absolute atomic E-state index is 0.889. The van der Waals surface area contributed by atoms with Crippen molar-refractivity contribution in [2.45, 2.75) is 13.5 Å². The Morgan fingerprint density at radius 1 is 1.60 bits per heavy atom. The quantitative estimate of drug-likeness (QED) is 0.746. The molecule has 0 radical (unpaired) electrons. The van der Waals surface area contributed by atoms with Crippen molar-refractivity contribution in [1.82, 2.24) is 5.32 Å². The van der Waals surface area contributed by atoms with Gasteiger partial charge in [-0.05, 0) is 36.6 Å². The molecular weight excluding hydrogens is 202 g/mol. The molecule has 80 valence electrons. The van der Waals surface area contributed by atoms with Crippen LogP contribution in [0.2, 0.25) is 0 Å². The summed E-state index contributed by atoms with van der Waals surface area (Å²) in [5, 5.41) is 5.27. The maximum absolute atomic E-state index is 3.89. The molecule has 0 aliphatic carbocycles. The molecule has 1 nitrogen and oxygen atoms in total. The van der Waals surface area contributed by atoms with Crippen LogP contribution in [0.5, 0.6) is 0 Å². The second kappa shape index (κ2) is 5.69. The van der Waals surface area contributed by atoms with Gasteiger partial charge in [0.2, 0.25) is 0 Å². The second-order valence-corrected chi connectivity index (χ2v) is 4.37. The summed E-state index contributed by atoms with van der Waals surface area (Å²) in [4.78, 5) is 1.28. The monoisotopic (exact) mass is 219 g/mol. The lowest BCUT2D eigenvalue weighted by Crippen LogP contribution is -2.05. The van der Waals surface area contributed by atoms with Crippen LogP contribution in [0.25, 0.3) is 5.57 Å². The molecular formula is C13H17NS. The van der Waals surface area contributed by atoms with Crippen LogP contribution in [0, 0.1) is 0 Å². The molecule has 2 heteroatoms. The van der Waals surface area contributed by atoms with Crippen LogP contribution in [-0.2, 0) is 6.54 Å². The first kappa shape index (κ1) is 12.0. The van der Waals surface area contributed by atoms with E-state index >= 15 is 0 Å². The molecule has 0 aliphatic heterocycles. The van der Waals surface area contributed by atoms with Crippen molar-refractivity contribution in [3.8, 4) is 0 Å². The smallest absolute Gasteiger partial charge is 0.0387 e. The highest BCUT2D eigenvalue weighted by Gasteiger charge is 2.06. The lowest BCUT2D eigenvalue weighted by molar-refractivity contribution is 0.819. The lowest BCUT2D eigenvalue weighted by Gasteiger charge is -2.04. The van der Waals surface area contributed by atoms with E-state index in [0.29, 0.717) is 0 Å². The van der Waals surface area contributed by atoms with Crippen molar-refractivity contribution in [3.05, 3.63) is 52.8 Å². The molecule has 0 fully saturated rings. The average Bonchev–Trinajstić information content (AvgIpc) is 2.63. The third kappa shape index (κ3) is 3.18. The average molecular weight is 219 g/mol. The molecule has 0 saturated carbocycles. The van der Waals surface area contributed by atoms with Gasteiger partial charge in [-0.2, -0.15) is 0 Å². The first-order chi connectivity index (χ1) is 7.19. The summed E-state index contributed by atoms with van der Waals surface area (Å²) in [6.07, 6.45) is 3.96. The molecule has 0 aromatic carbocycles. The van der Waals surface area contributed by atoms with Crippen LogP contribution in [-0.4, -0.2) is 7.05 Å². The molecule has 1 aromatic rings. The molecule has 15 heavy (non-hydrogen) atoms. The molecule has 1 heterocycles. The first-order valence-corrected chi connectivity index (χ1v) is 5.78. The number of hydrogen-bond acceptors (Lipinski definition) is 2. The fraction of sp³-hybridized carbons (Fsp3) is 0.231. The fourth-order valence-electron chi connectivity index (χ4n) is 1.40. The number of rotatable bonds is 5. The van der Waals surface area contributed by atoms with E-state index in [1.54, 1.807) is 11.3 Å². The van der Waals surface area contributed by atoms with E-state index in [9.17, 15) is 0 Å². The Kier molecular flexibility index (Phi) is 4.53. The summed E-state index contributed by atoms with van der Waals surface area (Å²) in [6, 6.07) is 2.15. The highest BCUT2D eigenvalue weighted by Crippen LogP contribution is 2.27. The number of allylic oxidation sites excluding steroid dienone is 4. The highest BCUT2D eigenvalue weighted by atomic mass is 32.1. The van der Waals surface area contributed by atoms with E-state index in [0.717, 1.165) is 17.7 Å². The number of thiophene rings is 1. The molecule has 1 N–H and O–H groups in total. The van der Waals surface area contributed by atoms with Gasteiger partial charge in [-0.25, -0.2) is 0 Å². The van der Waals surface area contributed by atoms with Crippen LogP contribution < -0.4 is 5.32 Å². The minimum atomic E-state index is 0.889. The maximum Gasteiger partial charge on any atom is 0.0387 e. The molecule has 1 rings (SSSR count). The fourth-order valence-corrected chi connectivity index (χ4v) is 2.34. The highest BCUT2D eigenvalue weighted by molar-refractivity contribution is 7.11. The molecule has 0 saturated heterocycles. The van der Waals surface area contributed by atoms with E-state index in [4.69, 9.17) is 0 Å². The topological polar surface area (TPSA) is 12.0 Å². The van der Waals surface area contributed by atoms with E-state index in [1.807, 2.05) is 20.0 Å². The van der Waals surface area contributed by atoms with Crippen LogP contribution >= 0.6 is 11.3 Å². The molecule has 0 unspecified atom stereocenters. The SMILES string of the molecule is C=C/C(=C\C(=C)C)c1sccc1CNC. The van der Waals surface area contributed by atoms with Gasteiger partial charge in [0.05, 0.1) is 0 Å². The zero-order chi connectivity index (χ0) is 11.3. The van der Waals surface area contributed by atoms with Gasteiger partial charge < -0.3 is 5.32 Å². The zero-order valence-corrected chi connectivity index (χ0v) is 10.2. The van der Waals surface area contributed by atoms with Gasteiger partial charge in [0.1, 0.15) is 0 Å². The van der Waals surface area contributed by atoms with Gasteiger partial charge in [0.15, 0.2) is 0 Å². The predicted molar refractivity (Wildman–Crippen MR) is 70.1 cm³/mol. The zero-order valence-electron chi connectivity index (χ0n) is 9.34. The molecule has 1 aromatic heterocycles. The van der Waals surface area contributed by atoms with Crippen molar-refractivity contribution in [3.63, 3.8) is 0 Å².